The summed E-state index contributed by atoms with van der Waals surface area (Å²) in [5.74, 6) is 1.97. The van der Waals surface area contributed by atoms with Gasteiger partial charge < -0.3 is 19.1 Å². The van der Waals surface area contributed by atoms with E-state index in [0.29, 0.717) is 17.3 Å². The van der Waals surface area contributed by atoms with Crippen LogP contribution >= 0.6 is 0 Å². The Balaban J connectivity index is 1.97. The van der Waals surface area contributed by atoms with E-state index in [1.807, 2.05) is 13.1 Å². The number of aliphatic hydroxyl groups is 1. The molecule has 3 rings (SSSR count). The van der Waals surface area contributed by atoms with Crippen molar-refractivity contribution in [3.05, 3.63) is 42.0 Å². The number of rotatable bonds is 2. The number of ether oxygens (including phenoxy) is 2. The van der Waals surface area contributed by atoms with E-state index in [4.69, 9.17) is 9.47 Å². The van der Waals surface area contributed by atoms with E-state index in [1.165, 1.54) is 0 Å². The number of benzene rings is 1. The van der Waals surface area contributed by atoms with Gasteiger partial charge >= 0.3 is 0 Å². The minimum Gasteiger partial charge on any atom is -0.454 e. The van der Waals surface area contributed by atoms with Crippen LogP contribution in [-0.4, -0.2) is 21.5 Å². The summed E-state index contributed by atoms with van der Waals surface area (Å²) in [7, 11) is 1.85. The maximum atomic E-state index is 10.2. The van der Waals surface area contributed by atoms with Crippen LogP contribution in [0.4, 0.5) is 0 Å². The zero-order chi connectivity index (χ0) is 11.8. The number of aryl methyl sites for hydroxylation is 1. The molecule has 1 aliphatic rings. The number of nitrogens with zero attached hydrogens (tertiary/aromatic N) is 2. The Bertz CT molecular complexity index is 550. The quantitative estimate of drug-likeness (QED) is 0.846. The van der Waals surface area contributed by atoms with E-state index in [9.17, 15) is 5.11 Å². The number of aliphatic hydroxyl groups excluding tert-OH is 1. The number of aromatic nitrogens is 2. The lowest BCUT2D eigenvalue weighted by Gasteiger charge is -2.11. The van der Waals surface area contributed by atoms with E-state index < -0.39 is 6.10 Å². The predicted molar refractivity (Wildman–Crippen MR) is 59.8 cm³/mol. The van der Waals surface area contributed by atoms with Gasteiger partial charge in [-0.25, -0.2) is 4.98 Å². The summed E-state index contributed by atoms with van der Waals surface area (Å²) in [6, 6.07) is 5.39. The van der Waals surface area contributed by atoms with Gasteiger partial charge in [-0.2, -0.15) is 0 Å². The summed E-state index contributed by atoms with van der Waals surface area (Å²) in [6.07, 6.45) is 2.70. The Morgan fingerprint density at radius 2 is 2.18 bits per heavy atom. The second-order valence-electron chi connectivity index (χ2n) is 3.91. The van der Waals surface area contributed by atoms with Crippen LogP contribution in [0.25, 0.3) is 0 Å². The Kier molecular flexibility index (Phi) is 2.26. The molecule has 1 aromatic carbocycles. The van der Waals surface area contributed by atoms with Gasteiger partial charge in [0.2, 0.25) is 6.79 Å². The second kappa shape index (κ2) is 3.78. The normalized spacial score (nSPS) is 14.9. The van der Waals surface area contributed by atoms with Crippen molar-refractivity contribution in [2.24, 2.45) is 7.05 Å². The average Bonchev–Trinajstić information content (AvgIpc) is 2.95. The van der Waals surface area contributed by atoms with Gasteiger partial charge in [0, 0.05) is 19.4 Å². The molecule has 17 heavy (non-hydrogen) atoms. The van der Waals surface area contributed by atoms with E-state index in [-0.39, 0.29) is 6.79 Å². The van der Waals surface area contributed by atoms with Crippen molar-refractivity contribution in [3.8, 4) is 11.5 Å². The highest BCUT2D eigenvalue weighted by Crippen LogP contribution is 2.35. The Labute approximate surface area is 98.2 Å². The van der Waals surface area contributed by atoms with Gasteiger partial charge in [0.1, 0.15) is 11.9 Å². The first-order chi connectivity index (χ1) is 8.25. The molecule has 2 heterocycles. The number of fused-ring (bicyclic) bond motifs is 1. The highest BCUT2D eigenvalue weighted by atomic mass is 16.7. The largest absolute Gasteiger partial charge is 0.454 e. The fraction of sp³-hybridized carbons (Fsp3) is 0.250. The molecule has 0 spiro atoms. The Morgan fingerprint density at radius 1 is 1.35 bits per heavy atom. The highest BCUT2D eigenvalue weighted by Gasteiger charge is 2.19. The van der Waals surface area contributed by atoms with Gasteiger partial charge in [-0.15, -0.1) is 0 Å². The summed E-state index contributed by atoms with van der Waals surface area (Å²) in [5, 5.41) is 10.2. The van der Waals surface area contributed by atoms with Crippen LogP contribution in [0, 0.1) is 0 Å². The molecule has 0 bridgehead atoms. The van der Waals surface area contributed by atoms with Gasteiger partial charge in [0.15, 0.2) is 11.5 Å². The highest BCUT2D eigenvalue weighted by molar-refractivity contribution is 5.45. The summed E-state index contributed by atoms with van der Waals surface area (Å²) in [4.78, 5) is 4.13. The Morgan fingerprint density at radius 3 is 2.94 bits per heavy atom. The van der Waals surface area contributed by atoms with Crippen LogP contribution < -0.4 is 9.47 Å². The maximum absolute atomic E-state index is 10.2. The van der Waals surface area contributed by atoms with Crippen molar-refractivity contribution in [2.45, 2.75) is 6.10 Å². The van der Waals surface area contributed by atoms with Crippen LogP contribution in [0.1, 0.15) is 17.5 Å². The number of hydrogen-bond acceptors (Lipinski definition) is 4. The van der Waals surface area contributed by atoms with Gasteiger partial charge in [0.25, 0.3) is 0 Å². The van der Waals surface area contributed by atoms with Crippen LogP contribution in [0.5, 0.6) is 11.5 Å². The minimum absolute atomic E-state index is 0.233. The molecule has 0 saturated heterocycles. The van der Waals surface area contributed by atoms with Gasteiger partial charge in [0.05, 0.1) is 0 Å². The third kappa shape index (κ3) is 1.64. The van der Waals surface area contributed by atoms with E-state index in [1.54, 1.807) is 29.1 Å². The summed E-state index contributed by atoms with van der Waals surface area (Å²) >= 11 is 0. The molecule has 0 amide bonds. The summed E-state index contributed by atoms with van der Waals surface area (Å²) in [5.41, 5.74) is 0.739. The van der Waals surface area contributed by atoms with Crippen LogP contribution in [0.15, 0.2) is 30.6 Å². The van der Waals surface area contributed by atoms with Crippen LogP contribution in [0.3, 0.4) is 0 Å². The third-order valence-electron chi connectivity index (χ3n) is 2.82. The molecule has 0 aliphatic carbocycles. The van der Waals surface area contributed by atoms with Crippen molar-refractivity contribution in [1.82, 2.24) is 9.55 Å². The predicted octanol–water partition coefficient (Wildman–Crippen LogP) is 1.23. The lowest BCUT2D eigenvalue weighted by molar-refractivity contribution is 0.173. The van der Waals surface area contributed by atoms with E-state index in [0.717, 1.165) is 5.56 Å². The smallest absolute Gasteiger partial charge is 0.231 e. The van der Waals surface area contributed by atoms with Crippen molar-refractivity contribution in [1.29, 1.82) is 0 Å². The van der Waals surface area contributed by atoms with Crippen molar-refractivity contribution in [3.63, 3.8) is 0 Å². The minimum atomic E-state index is -0.760. The molecule has 5 heteroatoms. The molecule has 1 aliphatic heterocycles. The molecule has 0 fully saturated rings. The molecule has 0 unspecified atom stereocenters. The van der Waals surface area contributed by atoms with E-state index >= 15 is 0 Å². The average molecular weight is 232 g/mol. The summed E-state index contributed by atoms with van der Waals surface area (Å²) < 4.78 is 12.3. The molecule has 0 saturated carbocycles. The first-order valence-electron chi connectivity index (χ1n) is 5.30. The summed E-state index contributed by atoms with van der Waals surface area (Å²) in [6.45, 7) is 0.233. The zero-order valence-electron chi connectivity index (χ0n) is 9.33. The molecule has 0 radical (unpaired) electrons. The molecular formula is C12H12N2O3. The second-order valence-corrected chi connectivity index (χ2v) is 3.91. The number of hydrogen-bond donors (Lipinski definition) is 1. The molecular weight excluding hydrogens is 220 g/mol. The first-order valence-corrected chi connectivity index (χ1v) is 5.30. The van der Waals surface area contributed by atoms with Gasteiger partial charge in [-0.1, -0.05) is 6.07 Å². The molecule has 1 atom stereocenters. The lowest BCUT2D eigenvalue weighted by Crippen LogP contribution is -2.06. The number of imidazole rings is 1. The fourth-order valence-corrected chi connectivity index (χ4v) is 1.87. The van der Waals surface area contributed by atoms with Crippen molar-refractivity contribution in [2.75, 3.05) is 6.79 Å². The van der Waals surface area contributed by atoms with Crippen LogP contribution in [-0.2, 0) is 7.05 Å². The maximum Gasteiger partial charge on any atom is 0.231 e. The van der Waals surface area contributed by atoms with Crippen molar-refractivity contribution < 1.29 is 14.6 Å². The first kappa shape index (κ1) is 10.2. The van der Waals surface area contributed by atoms with Gasteiger partial charge in [-0.3, -0.25) is 0 Å². The Hall–Kier alpha value is -2.01. The molecule has 2 aromatic rings. The molecule has 5 nitrogen and oxygen atoms in total. The van der Waals surface area contributed by atoms with Crippen molar-refractivity contribution >= 4 is 0 Å². The molecule has 88 valence electrons. The lowest BCUT2D eigenvalue weighted by atomic mass is 10.1. The third-order valence-corrected chi connectivity index (χ3v) is 2.82. The monoisotopic (exact) mass is 232 g/mol. The molecule has 1 N–H and O–H groups in total. The fourth-order valence-electron chi connectivity index (χ4n) is 1.87. The topological polar surface area (TPSA) is 56.5 Å². The van der Waals surface area contributed by atoms with Crippen LogP contribution in [0.2, 0.25) is 0 Å². The standard InChI is InChI=1S/C12H12N2O3/c1-14-5-4-13-12(14)11(15)8-2-3-9-10(6-8)17-7-16-9/h2-6,11,15H,7H2,1H3/t11-/m1/s1. The van der Waals surface area contributed by atoms with E-state index in [2.05, 4.69) is 4.98 Å². The SMILES string of the molecule is Cn1ccnc1[C@H](O)c1ccc2c(c1)OCO2. The van der Waals surface area contributed by atoms with Gasteiger partial charge in [-0.05, 0) is 17.7 Å². The molecule has 1 aromatic heterocycles. The zero-order valence-corrected chi connectivity index (χ0v) is 9.33.